The zero-order valence-electron chi connectivity index (χ0n) is 11.0. The molecule has 1 heterocycles. The molecule has 0 amide bonds. The Hall–Kier alpha value is -1.09. The second-order valence-electron chi connectivity index (χ2n) is 5.18. The van der Waals surface area contributed by atoms with Crippen molar-refractivity contribution in [2.24, 2.45) is 0 Å². The van der Waals surface area contributed by atoms with E-state index in [2.05, 4.69) is 11.8 Å². The maximum atomic E-state index is 13.7. The standard InChI is InChI=1S/C15H22FNO/c1-2-3-8-17-9-6-12(7-10-17)14-11-13(18)4-5-15(14)16/h4-5,11-12,18H,2-3,6-10H2,1H3. The number of piperidine rings is 1. The van der Waals surface area contributed by atoms with E-state index in [9.17, 15) is 9.50 Å². The molecule has 1 saturated heterocycles. The van der Waals surface area contributed by atoms with Crippen molar-refractivity contribution in [1.29, 1.82) is 0 Å². The van der Waals surface area contributed by atoms with E-state index in [1.807, 2.05) is 0 Å². The molecule has 0 spiro atoms. The Bertz CT molecular complexity index is 386. The third kappa shape index (κ3) is 3.22. The summed E-state index contributed by atoms with van der Waals surface area (Å²) in [5.41, 5.74) is 0.685. The van der Waals surface area contributed by atoms with Crippen LogP contribution in [0.25, 0.3) is 0 Å². The van der Waals surface area contributed by atoms with E-state index in [-0.39, 0.29) is 17.5 Å². The van der Waals surface area contributed by atoms with Crippen LogP contribution in [0.5, 0.6) is 5.75 Å². The van der Waals surface area contributed by atoms with Crippen LogP contribution >= 0.6 is 0 Å². The van der Waals surface area contributed by atoms with Gasteiger partial charge in [-0.2, -0.15) is 0 Å². The first-order valence-corrected chi connectivity index (χ1v) is 6.91. The smallest absolute Gasteiger partial charge is 0.126 e. The highest BCUT2D eigenvalue weighted by molar-refractivity contribution is 5.31. The van der Waals surface area contributed by atoms with Gasteiger partial charge >= 0.3 is 0 Å². The predicted molar refractivity (Wildman–Crippen MR) is 71.4 cm³/mol. The first-order chi connectivity index (χ1) is 8.70. The van der Waals surface area contributed by atoms with Gasteiger partial charge in [0, 0.05) is 0 Å². The minimum Gasteiger partial charge on any atom is -0.508 e. The van der Waals surface area contributed by atoms with Gasteiger partial charge in [-0.3, -0.25) is 0 Å². The highest BCUT2D eigenvalue weighted by Gasteiger charge is 2.22. The average Bonchev–Trinajstić information content (AvgIpc) is 2.40. The van der Waals surface area contributed by atoms with Crippen molar-refractivity contribution in [3.8, 4) is 5.75 Å². The minimum atomic E-state index is -0.181. The van der Waals surface area contributed by atoms with Gasteiger partial charge in [0.2, 0.25) is 0 Å². The third-order valence-electron chi connectivity index (χ3n) is 3.83. The fraction of sp³-hybridized carbons (Fsp3) is 0.600. The van der Waals surface area contributed by atoms with E-state index < -0.39 is 0 Å². The summed E-state index contributed by atoms with van der Waals surface area (Å²) in [5.74, 6) is 0.245. The van der Waals surface area contributed by atoms with Crippen molar-refractivity contribution in [1.82, 2.24) is 4.90 Å². The number of likely N-dealkylation sites (tertiary alicyclic amines) is 1. The van der Waals surface area contributed by atoms with Crippen LogP contribution in [0.15, 0.2) is 18.2 Å². The van der Waals surface area contributed by atoms with Gasteiger partial charge in [0.15, 0.2) is 0 Å². The normalized spacial score (nSPS) is 18.1. The van der Waals surface area contributed by atoms with Crippen molar-refractivity contribution in [3.05, 3.63) is 29.6 Å². The van der Waals surface area contributed by atoms with Gasteiger partial charge in [-0.15, -0.1) is 0 Å². The van der Waals surface area contributed by atoms with Crippen molar-refractivity contribution < 1.29 is 9.50 Å². The zero-order valence-corrected chi connectivity index (χ0v) is 11.0. The summed E-state index contributed by atoms with van der Waals surface area (Å²) >= 11 is 0. The summed E-state index contributed by atoms with van der Waals surface area (Å²) in [5, 5.41) is 9.46. The van der Waals surface area contributed by atoms with Crippen LogP contribution in [0.2, 0.25) is 0 Å². The molecule has 1 N–H and O–H groups in total. The topological polar surface area (TPSA) is 23.5 Å². The number of phenols is 1. The lowest BCUT2D eigenvalue weighted by atomic mass is 9.89. The molecule has 0 unspecified atom stereocenters. The van der Waals surface area contributed by atoms with E-state index in [4.69, 9.17) is 0 Å². The van der Waals surface area contributed by atoms with Crippen molar-refractivity contribution in [2.45, 2.75) is 38.5 Å². The summed E-state index contributed by atoms with van der Waals surface area (Å²) in [6.45, 7) is 5.44. The van der Waals surface area contributed by atoms with E-state index in [1.165, 1.54) is 25.0 Å². The number of unbranched alkanes of at least 4 members (excludes halogenated alkanes) is 1. The lowest BCUT2D eigenvalue weighted by molar-refractivity contribution is 0.208. The first-order valence-electron chi connectivity index (χ1n) is 6.91. The van der Waals surface area contributed by atoms with Crippen LogP contribution in [-0.2, 0) is 0 Å². The lowest BCUT2D eigenvalue weighted by Gasteiger charge is -2.32. The molecule has 1 aromatic carbocycles. The maximum Gasteiger partial charge on any atom is 0.126 e. The van der Waals surface area contributed by atoms with E-state index in [0.29, 0.717) is 5.56 Å². The van der Waals surface area contributed by atoms with Gasteiger partial charge in [-0.05, 0) is 68.6 Å². The molecule has 1 aromatic rings. The van der Waals surface area contributed by atoms with Gasteiger partial charge in [0.1, 0.15) is 11.6 Å². The summed E-state index contributed by atoms with van der Waals surface area (Å²) in [4.78, 5) is 2.46. The monoisotopic (exact) mass is 251 g/mol. The molecule has 3 heteroatoms. The molecule has 0 atom stereocenters. The molecular weight excluding hydrogens is 229 g/mol. The summed E-state index contributed by atoms with van der Waals surface area (Å²) in [6.07, 6.45) is 4.44. The number of nitrogens with zero attached hydrogens (tertiary/aromatic N) is 1. The van der Waals surface area contributed by atoms with E-state index in [1.54, 1.807) is 6.07 Å². The van der Waals surface area contributed by atoms with Gasteiger partial charge in [-0.25, -0.2) is 4.39 Å². The van der Waals surface area contributed by atoms with Crippen LogP contribution < -0.4 is 0 Å². The minimum absolute atomic E-state index is 0.166. The maximum absolute atomic E-state index is 13.7. The zero-order chi connectivity index (χ0) is 13.0. The SMILES string of the molecule is CCCCN1CCC(c2cc(O)ccc2F)CC1. The quantitative estimate of drug-likeness (QED) is 0.885. The molecule has 100 valence electrons. The van der Waals surface area contributed by atoms with Gasteiger partial charge in [0.05, 0.1) is 0 Å². The summed E-state index contributed by atoms with van der Waals surface area (Å²) < 4.78 is 13.7. The molecule has 1 fully saturated rings. The van der Waals surface area contributed by atoms with Crippen LogP contribution in [0.3, 0.4) is 0 Å². The van der Waals surface area contributed by atoms with Crippen LogP contribution in [0, 0.1) is 5.82 Å². The Kier molecular flexibility index (Phi) is 4.59. The fourth-order valence-corrected chi connectivity index (χ4v) is 2.69. The number of hydrogen-bond donors (Lipinski definition) is 1. The van der Waals surface area contributed by atoms with Gasteiger partial charge in [0.25, 0.3) is 0 Å². The van der Waals surface area contributed by atoms with E-state index in [0.717, 1.165) is 32.5 Å². The Morgan fingerprint density at radius 2 is 2.06 bits per heavy atom. The fourth-order valence-electron chi connectivity index (χ4n) is 2.69. The van der Waals surface area contributed by atoms with Crippen molar-refractivity contribution >= 4 is 0 Å². The van der Waals surface area contributed by atoms with Crippen molar-refractivity contribution in [3.63, 3.8) is 0 Å². The molecule has 1 aliphatic heterocycles. The molecule has 0 aromatic heterocycles. The molecule has 0 radical (unpaired) electrons. The second kappa shape index (κ2) is 6.19. The number of rotatable bonds is 4. The first kappa shape index (κ1) is 13.3. The number of phenolic OH excluding ortho intramolecular Hbond substituents is 1. The van der Waals surface area contributed by atoms with Gasteiger partial charge < -0.3 is 10.0 Å². The number of aromatic hydroxyl groups is 1. The lowest BCUT2D eigenvalue weighted by Crippen LogP contribution is -2.33. The Balaban J connectivity index is 1.94. The number of benzene rings is 1. The predicted octanol–water partition coefficient (Wildman–Crippen LogP) is 3.51. The summed E-state index contributed by atoms with van der Waals surface area (Å²) in [7, 11) is 0. The third-order valence-corrected chi connectivity index (χ3v) is 3.83. The average molecular weight is 251 g/mol. The van der Waals surface area contributed by atoms with Crippen LogP contribution in [0.4, 0.5) is 4.39 Å². The highest BCUT2D eigenvalue weighted by Crippen LogP contribution is 2.31. The molecule has 18 heavy (non-hydrogen) atoms. The molecule has 1 aliphatic rings. The van der Waals surface area contributed by atoms with Crippen molar-refractivity contribution in [2.75, 3.05) is 19.6 Å². The van der Waals surface area contributed by atoms with Gasteiger partial charge in [-0.1, -0.05) is 13.3 Å². The highest BCUT2D eigenvalue weighted by atomic mass is 19.1. The molecule has 2 nitrogen and oxygen atoms in total. The summed E-state index contributed by atoms with van der Waals surface area (Å²) in [6, 6.07) is 4.37. The molecule has 2 rings (SSSR count). The Morgan fingerprint density at radius 1 is 1.33 bits per heavy atom. The van der Waals surface area contributed by atoms with Crippen LogP contribution in [0.1, 0.15) is 44.1 Å². The molecule has 0 bridgehead atoms. The molecule has 0 saturated carbocycles. The van der Waals surface area contributed by atoms with E-state index >= 15 is 0 Å². The Labute approximate surface area is 108 Å². The molecule has 0 aliphatic carbocycles. The largest absolute Gasteiger partial charge is 0.508 e. The Morgan fingerprint density at radius 3 is 2.72 bits per heavy atom. The number of halogens is 1. The van der Waals surface area contributed by atoms with Crippen LogP contribution in [-0.4, -0.2) is 29.6 Å². The second-order valence-corrected chi connectivity index (χ2v) is 5.18. The number of hydrogen-bond acceptors (Lipinski definition) is 2. The molecular formula is C15H22FNO.